The predicted molar refractivity (Wildman–Crippen MR) is 81.4 cm³/mol. The van der Waals surface area contributed by atoms with Gasteiger partial charge < -0.3 is 10.0 Å². The monoisotopic (exact) mass is 309 g/mol. The Morgan fingerprint density at radius 3 is 2.33 bits per heavy atom. The highest BCUT2D eigenvalue weighted by Gasteiger charge is 2.52. The Labute approximate surface area is 129 Å². The Bertz CT molecular complexity index is 537. The number of carbonyl (C=O) groups is 2. The average Bonchev–Trinajstić information content (AvgIpc) is 3.26. The van der Waals surface area contributed by atoms with Crippen LogP contribution in [0.2, 0.25) is 5.02 Å². The van der Waals surface area contributed by atoms with Crippen LogP contribution in [0.5, 0.6) is 0 Å². The zero-order chi connectivity index (χ0) is 15.6. The molecule has 1 aliphatic rings. The number of amides is 1. The van der Waals surface area contributed by atoms with Crippen molar-refractivity contribution in [2.24, 2.45) is 5.92 Å². The molecule has 1 atom stereocenters. The van der Waals surface area contributed by atoms with Crippen molar-refractivity contribution in [3.05, 3.63) is 34.9 Å². The van der Waals surface area contributed by atoms with E-state index >= 15 is 0 Å². The highest BCUT2D eigenvalue weighted by atomic mass is 35.5. The molecule has 0 radical (unpaired) electrons. The Hall–Kier alpha value is -1.55. The van der Waals surface area contributed by atoms with Crippen LogP contribution in [0.1, 0.15) is 32.3 Å². The number of carboxylic acids is 1. The molecule has 0 spiro atoms. The van der Waals surface area contributed by atoms with Crippen molar-refractivity contribution >= 4 is 23.5 Å². The van der Waals surface area contributed by atoms with Gasteiger partial charge in [-0.1, -0.05) is 30.7 Å². The summed E-state index contributed by atoms with van der Waals surface area (Å²) in [5, 5.41) is 9.67. The van der Waals surface area contributed by atoms with Gasteiger partial charge in [0.2, 0.25) is 5.91 Å². The third-order valence-corrected chi connectivity index (χ3v) is 4.39. The molecule has 1 unspecified atom stereocenters. The molecule has 1 saturated carbocycles. The number of hydrogen-bond acceptors (Lipinski definition) is 2. The minimum absolute atomic E-state index is 0.0282. The summed E-state index contributed by atoms with van der Waals surface area (Å²) in [4.78, 5) is 25.4. The maximum absolute atomic E-state index is 12.8. The van der Waals surface area contributed by atoms with E-state index < -0.39 is 17.3 Å². The van der Waals surface area contributed by atoms with Gasteiger partial charge in [-0.05, 0) is 37.5 Å². The summed E-state index contributed by atoms with van der Waals surface area (Å²) in [6.07, 6.45) is 1.62. The molecule has 0 bridgehead atoms. The van der Waals surface area contributed by atoms with Gasteiger partial charge in [0.1, 0.15) is 0 Å². The van der Waals surface area contributed by atoms with Crippen LogP contribution in [0.25, 0.3) is 0 Å². The van der Waals surface area contributed by atoms with E-state index in [1.165, 1.54) is 0 Å². The molecule has 1 fully saturated rings. The normalized spacial score (nSPS) is 17.1. The van der Waals surface area contributed by atoms with Gasteiger partial charge in [0, 0.05) is 18.1 Å². The molecule has 1 aromatic rings. The Morgan fingerprint density at radius 2 is 1.90 bits per heavy atom. The number of hydrogen-bond donors (Lipinski definition) is 1. The Kier molecular flexibility index (Phi) is 4.57. The summed E-state index contributed by atoms with van der Waals surface area (Å²) in [5.41, 5.74) is 0.497. The van der Waals surface area contributed by atoms with Crippen LogP contribution in [0.15, 0.2) is 24.3 Å². The molecular formula is C16H20ClNO3. The number of likely N-dealkylation sites (N-methyl/N-ethyl adjacent to an activating group) is 1. The first kappa shape index (κ1) is 15.8. The highest BCUT2D eigenvalue weighted by molar-refractivity contribution is 6.30. The fraction of sp³-hybridized carbons (Fsp3) is 0.500. The second kappa shape index (κ2) is 6.06. The summed E-state index contributed by atoms with van der Waals surface area (Å²) >= 11 is 5.89. The fourth-order valence-corrected chi connectivity index (χ4v) is 2.71. The number of nitrogens with zero attached hydrogens (tertiary/aromatic N) is 1. The molecule has 0 saturated heterocycles. The van der Waals surface area contributed by atoms with Crippen molar-refractivity contribution in [1.29, 1.82) is 0 Å². The first-order chi connectivity index (χ1) is 9.90. The lowest BCUT2D eigenvalue weighted by molar-refractivity contribution is -0.143. The molecule has 5 heteroatoms. The van der Waals surface area contributed by atoms with Crippen LogP contribution in [0, 0.1) is 5.92 Å². The molecule has 1 aliphatic carbocycles. The van der Waals surface area contributed by atoms with Crippen LogP contribution in [-0.2, 0) is 15.0 Å². The second-order valence-corrected chi connectivity index (χ2v) is 6.11. The zero-order valence-electron chi connectivity index (χ0n) is 12.3. The van der Waals surface area contributed by atoms with Crippen LogP contribution in [-0.4, -0.2) is 35.0 Å². The third kappa shape index (κ3) is 3.21. The lowest BCUT2D eigenvalue weighted by Crippen LogP contribution is -2.42. The first-order valence-electron chi connectivity index (χ1n) is 7.19. The molecule has 114 valence electrons. The van der Waals surface area contributed by atoms with E-state index in [1.54, 1.807) is 24.0 Å². The third-order valence-electron chi connectivity index (χ3n) is 4.14. The lowest BCUT2D eigenvalue weighted by atomic mass is 9.94. The van der Waals surface area contributed by atoms with Crippen molar-refractivity contribution in [3.63, 3.8) is 0 Å². The molecular weight excluding hydrogens is 290 g/mol. The number of carboxylic acid groups (broad SMARTS) is 1. The quantitative estimate of drug-likeness (QED) is 0.879. The molecule has 0 aromatic heterocycles. The predicted octanol–water partition coefficient (Wildman–Crippen LogP) is 2.94. The van der Waals surface area contributed by atoms with Crippen molar-refractivity contribution in [2.75, 3.05) is 13.1 Å². The van der Waals surface area contributed by atoms with E-state index in [-0.39, 0.29) is 12.5 Å². The molecule has 1 N–H and O–H groups in total. The summed E-state index contributed by atoms with van der Waals surface area (Å²) in [7, 11) is 0. The number of halogens is 1. The van der Waals surface area contributed by atoms with Gasteiger partial charge in [-0.25, -0.2) is 0 Å². The van der Waals surface area contributed by atoms with E-state index in [2.05, 4.69) is 0 Å². The second-order valence-electron chi connectivity index (χ2n) is 5.67. The van der Waals surface area contributed by atoms with Crippen LogP contribution >= 0.6 is 11.6 Å². The molecule has 4 nitrogen and oxygen atoms in total. The molecule has 0 heterocycles. The molecule has 21 heavy (non-hydrogen) atoms. The smallest absolute Gasteiger partial charge is 0.308 e. The average molecular weight is 310 g/mol. The highest BCUT2D eigenvalue weighted by Crippen LogP contribution is 2.49. The number of carbonyl (C=O) groups excluding carboxylic acids is 1. The zero-order valence-corrected chi connectivity index (χ0v) is 13.1. The number of aliphatic carboxylic acids is 1. The van der Waals surface area contributed by atoms with E-state index in [0.717, 1.165) is 18.4 Å². The minimum Gasteiger partial charge on any atom is -0.481 e. The van der Waals surface area contributed by atoms with Gasteiger partial charge in [0.05, 0.1) is 11.3 Å². The van der Waals surface area contributed by atoms with E-state index in [1.807, 2.05) is 19.1 Å². The van der Waals surface area contributed by atoms with Crippen LogP contribution < -0.4 is 0 Å². The first-order valence-corrected chi connectivity index (χ1v) is 7.56. The summed E-state index contributed by atoms with van der Waals surface area (Å²) in [5.74, 6) is -1.41. The van der Waals surface area contributed by atoms with E-state index in [4.69, 9.17) is 16.7 Å². The Morgan fingerprint density at radius 1 is 1.33 bits per heavy atom. The Balaban J connectivity index is 2.17. The van der Waals surface area contributed by atoms with Crippen molar-refractivity contribution < 1.29 is 14.7 Å². The minimum atomic E-state index is -0.877. The van der Waals surface area contributed by atoms with Gasteiger partial charge in [-0.15, -0.1) is 0 Å². The van der Waals surface area contributed by atoms with E-state index in [0.29, 0.717) is 11.6 Å². The number of rotatable bonds is 6. The van der Waals surface area contributed by atoms with Crippen molar-refractivity contribution in [2.45, 2.75) is 32.1 Å². The summed E-state index contributed by atoms with van der Waals surface area (Å²) in [6.45, 7) is 4.27. The van der Waals surface area contributed by atoms with Gasteiger partial charge in [-0.3, -0.25) is 9.59 Å². The van der Waals surface area contributed by atoms with Crippen molar-refractivity contribution in [1.82, 2.24) is 4.90 Å². The largest absolute Gasteiger partial charge is 0.481 e. The molecule has 1 aromatic carbocycles. The van der Waals surface area contributed by atoms with E-state index in [9.17, 15) is 9.59 Å². The lowest BCUT2D eigenvalue weighted by Gasteiger charge is -2.28. The van der Waals surface area contributed by atoms with Gasteiger partial charge in [0.15, 0.2) is 0 Å². The van der Waals surface area contributed by atoms with Gasteiger partial charge in [-0.2, -0.15) is 0 Å². The van der Waals surface area contributed by atoms with Crippen molar-refractivity contribution in [3.8, 4) is 0 Å². The van der Waals surface area contributed by atoms with Crippen LogP contribution in [0.3, 0.4) is 0 Å². The summed E-state index contributed by atoms with van der Waals surface area (Å²) in [6, 6.07) is 7.37. The maximum atomic E-state index is 12.8. The van der Waals surface area contributed by atoms with Crippen LogP contribution in [0.4, 0.5) is 0 Å². The maximum Gasteiger partial charge on any atom is 0.308 e. The van der Waals surface area contributed by atoms with Gasteiger partial charge in [0.25, 0.3) is 0 Å². The summed E-state index contributed by atoms with van der Waals surface area (Å²) < 4.78 is 0. The van der Waals surface area contributed by atoms with Gasteiger partial charge >= 0.3 is 5.97 Å². The standard InChI is InChI=1S/C16H20ClNO3/c1-3-18(10-11(2)14(19)20)15(21)16(8-9-16)12-4-6-13(17)7-5-12/h4-7,11H,3,8-10H2,1-2H3,(H,19,20). The topological polar surface area (TPSA) is 57.6 Å². The molecule has 1 amide bonds. The number of benzene rings is 1. The molecule has 0 aliphatic heterocycles. The fourth-order valence-electron chi connectivity index (χ4n) is 2.59. The SMILES string of the molecule is CCN(CC(C)C(=O)O)C(=O)C1(c2ccc(Cl)cc2)CC1. The molecule has 2 rings (SSSR count).